The van der Waals surface area contributed by atoms with E-state index in [-0.39, 0.29) is 0 Å². The fourth-order valence-corrected chi connectivity index (χ4v) is 5.04. The van der Waals surface area contributed by atoms with E-state index in [0.717, 1.165) is 53.7 Å². The van der Waals surface area contributed by atoms with E-state index < -0.39 is 0 Å². The number of methoxy groups -OCH3 is 2. The molecule has 0 bridgehead atoms. The number of ether oxygens (including phenoxy) is 2. The molecular formula is C26H19Br2NO2. The van der Waals surface area contributed by atoms with E-state index >= 15 is 0 Å². The predicted molar refractivity (Wildman–Crippen MR) is 135 cm³/mol. The van der Waals surface area contributed by atoms with Crippen LogP contribution in [0.3, 0.4) is 0 Å². The highest BCUT2D eigenvalue weighted by atomic mass is 79.9. The Balaban J connectivity index is 1.70. The summed E-state index contributed by atoms with van der Waals surface area (Å²) in [5.74, 6) is 1.70. The molecule has 0 amide bonds. The molecular weight excluding hydrogens is 518 g/mol. The minimum Gasteiger partial charge on any atom is -0.497 e. The fourth-order valence-electron chi connectivity index (χ4n) is 3.92. The minimum absolute atomic E-state index is 0.851. The quantitative estimate of drug-likeness (QED) is 0.251. The maximum Gasteiger partial charge on any atom is 0.118 e. The Bertz CT molecular complexity index is 1300. The summed E-state index contributed by atoms with van der Waals surface area (Å²) in [4.78, 5) is 3.57. The first-order valence-electron chi connectivity index (χ1n) is 9.80. The number of fused-ring (bicyclic) bond motifs is 3. The number of rotatable bonds is 4. The molecule has 31 heavy (non-hydrogen) atoms. The van der Waals surface area contributed by atoms with Crippen molar-refractivity contribution in [3.63, 3.8) is 0 Å². The van der Waals surface area contributed by atoms with E-state index in [4.69, 9.17) is 9.47 Å². The second-order valence-corrected chi connectivity index (χ2v) is 9.05. The monoisotopic (exact) mass is 535 g/mol. The molecule has 1 heterocycles. The summed E-state index contributed by atoms with van der Waals surface area (Å²) in [7, 11) is 3.36. The molecule has 1 N–H and O–H groups in total. The van der Waals surface area contributed by atoms with Gasteiger partial charge in [0.25, 0.3) is 0 Å². The van der Waals surface area contributed by atoms with Crippen LogP contribution in [0.15, 0.2) is 81.7 Å². The zero-order chi connectivity index (χ0) is 21.5. The molecule has 5 aromatic rings. The predicted octanol–water partition coefficient (Wildman–Crippen LogP) is 8.20. The SMILES string of the molecule is COc1ccc(-c2cc(Br)c3[nH]c4c(Br)cc(-c5ccc(OC)cc5)cc4c3c2)cc1. The zero-order valence-corrected chi connectivity index (χ0v) is 20.2. The van der Waals surface area contributed by atoms with E-state index in [1.165, 1.54) is 10.8 Å². The second kappa shape index (κ2) is 8.06. The Labute approximate surface area is 197 Å². The largest absolute Gasteiger partial charge is 0.497 e. The third kappa shape index (κ3) is 3.62. The summed E-state index contributed by atoms with van der Waals surface area (Å²) in [6, 6.07) is 25.1. The van der Waals surface area contributed by atoms with Gasteiger partial charge in [-0.3, -0.25) is 0 Å². The van der Waals surface area contributed by atoms with Crippen LogP contribution >= 0.6 is 31.9 Å². The zero-order valence-electron chi connectivity index (χ0n) is 17.0. The van der Waals surface area contributed by atoms with Gasteiger partial charge in [0.05, 0.1) is 25.3 Å². The van der Waals surface area contributed by atoms with Crippen LogP contribution < -0.4 is 9.47 Å². The number of aromatic nitrogens is 1. The highest BCUT2D eigenvalue weighted by molar-refractivity contribution is 9.11. The molecule has 154 valence electrons. The topological polar surface area (TPSA) is 34.2 Å². The van der Waals surface area contributed by atoms with E-state index in [9.17, 15) is 0 Å². The highest BCUT2D eigenvalue weighted by Crippen LogP contribution is 2.40. The number of aromatic amines is 1. The molecule has 0 radical (unpaired) electrons. The van der Waals surface area contributed by atoms with Crippen molar-refractivity contribution in [2.75, 3.05) is 14.2 Å². The molecule has 0 aliphatic rings. The number of H-pyrrole nitrogens is 1. The van der Waals surface area contributed by atoms with E-state index in [2.05, 4.69) is 85.4 Å². The fraction of sp³-hybridized carbons (Fsp3) is 0.0769. The van der Waals surface area contributed by atoms with Gasteiger partial charge in [-0.05, 0) is 103 Å². The lowest BCUT2D eigenvalue weighted by Gasteiger charge is -2.07. The lowest BCUT2D eigenvalue weighted by atomic mass is 10.00. The van der Waals surface area contributed by atoms with Gasteiger partial charge in [0.1, 0.15) is 11.5 Å². The molecule has 3 nitrogen and oxygen atoms in total. The molecule has 4 aromatic carbocycles. The number of halogens is 2. The van der Waals surface area contributed by atoms with Crippen molar-refractivity contribution in [1.82, 2.24) is 4.98 Å². The van der Waals surface area contributed by atoms with Crippen molar-refractivity contribution in [3.8, 4) is 33.8 Å². The van der Waals surface area contributed by atoms with Crippen molar-refractivity contribution in [1.29, 1.82) is 0 Å². The Hall–Kier alpha value is -2.76. The summed E-state index contributed by atoms with van der Waals surface area (Å²) in [6.07, 6.45) is 0. The molecule has 0 fully saturated rings. The first-order valence-corrected chi connectivity index (χ1v) is 11.4. The van der Waals surface area contributed by atoms with Crippen LogP contribution in [0, 0.1) is 0 Å². The Morgan fingerprint density at radius 2 is 0.935 bits per heavy atom. The highest BCUT2D eigenvalue weighted by Gasteiger charge is 2.14. The first kappa shape index (κ1) is 20.2. The van der Waals surface area contributed by atoms with Crippen molar-refractivity contribution < 1.29 is 9.47 Å². The van der Waals surface area contributed by atoms with Crippen LogP contribution in [-0.4, -0.2) is 19.2 Å². The summed E-state index contributed by atoms with van der Waals surface area (Å²) in [5, 5.41) is 2.34. The van der Waals surface area contributed by atoms with Crippen LogP contribution in [0.25, 0.3) is 44.1 Å². The van der Waals surface area contributed by atoms with Gasteiger partial charge in [-0.15, -0.1) is 0 Å². The Morgan fingerprint density at radius 3 is 1.29 bits per heavy atom. The summed E-state index contributed by atoms with van der Waals surface area (Å²) in [5.41, 5.74) is 6.74. The van der Waals surface area contributed by atoms with E-state index in [1.54, 1.807) is 14.2 Å². The number of hydrogen-bond donors (Lipinski definition) is 1. The molecule has 0 spiro atoms. The van der Waals surface area contributed by atoms with Crippen LogP contribution in [0.5, 0.6) is 11.5 Å². The van der Waals surface area contributed by atoms with Gasteiger partial charge in [-0.2, -0.15) is 0 Å². The molecule has 5 heteroatoms. The summed E-state index contributed by atoms with van der Waals surface area (Å²) in [6.45, 7) is 0. The minimum atomic E-state index is 0.851. The standard InChI is InChI=1S/C26H19Br2NO2/c1-30-19-7-3-15(4-8-19)17-11-21-22-12-18(16-5-9-20(31-2)10-6-16)14-24(28)26(22)29-25(21)23(27)13-17/h3-14,29H,1-2H3. The third-order valence-electron chi connectivity index (χ3n) is 5.57. The Morgan fingerprint density at radius 1 is 0.548 bits per heavy atom. The van der Waals surface area contributed by atoms with Gasteiger partial charge >= 0.3 is 0 Å². The Kier molecular flexibility index (Phi) is 5.24. The van der Waals surface area contributed by atoms with Gasteiger partial charge in [-0.25, -0.2) is 0 Å². The molecule has 0 aliphatic carbocycles. The molecule has 5 rings (SSSR count). The molecule has 1 aromatic heterocycles. The van der Waals surface area contributed by atoms with Gasteiger partial charge in [0.2, 0.25) is 0 Å². The van der Waals surface area contributed by atoms with Crippen molar-refractivity contribution in [3.05, 3.63) is 81.7 Å². The molecule has 0 atom stereocenters. The lowest BCUT2D eigenvalue weighted by molar-refractivity contribution is 0.415. The van der Waals surface area contributed by atoms with Crippen LogP contribution in [0.1, 0.15) is 0 Å². The van der Waals surface area contributed by atoms with Crippen LogP contribution in [-0.2, 0) is 0 Å². The van der Waals surface area contributed by atoms with Crippen molar-refractivity contribution in [2.45, 2.75) is 0 Å². The van der Waals surface area contributed by atoms with E-state index in [0.29, 0.717) is 0 Å². The average Bonchev–Trinajstić information content (AvgIpc) is 3.19. The lowest BCUT2D eigenvalue weighted by Crippen LogP contribution is -1.84. The molecule has 0 saturated carbocycles. The smallest absolute Gasteiger partial charge is 0.118 e. The van der Waals surface area contributed by atoms with E-state index in [1.807, 2.05) is 24.3 Å². The second-order valence-electron chi connectivity index (χ2n) is 7.34. The average molecular weight is 537 g/mol. The maximum atomic E-state index is 5.30. The number of benzene rings is 4. The van der Waals surface area contributed by atoms with Crippen molar-refractivity contribution in [2.24, 2.45) is 0 Å². The van der Waals surface area contributed by atoms with Gasteiger partial charge in [0.15, 0.2) is 0 Å². The third-order valence-corrected chi connectivity index (χ3v) is 6.82. The van der Waals surface area contributed by atoms with Crippen LogP contribution in [0.2, 0.25) is 0 Å². The normalized spacial score (nSPS) is 11.2. The summed E-state index contributed by atoms with van der Waals surface area (Å²) < 4.78 is 12.7. The van der Waals surface area contributed by atoms with Gasteiger partial charge in [0, 0.05) is 19.7 Å². The van der Waals surface area contributed by atoms with Gasteiger partial charge < -0.3 is 14.5 Å². The van der Waals surface area contributed by atoms with Crippen molar-refractivity contribution >= 4 is 53.7 Å². The summed E-state index contributed by atoms with van der Waals surface area (Å²) >= 11 is 7.54. The number of hydrogen-bond acceptors (Lipinski definition) is 2. The van der Waals surface area contributed by atoms with Crippen LogP contribution in [0.4, 0.5) is 0 Å². The molecule has 0 aliphatic heterocycles. The number of nitrogens with one attached hydrogen (secondary N) is 1. The molecule has 0 saturated heterocycles. The van der Waals surface area contributed by atoms with Gasteiger partial charge in [-0.1, -0.05) is 24.3 Å². The first-order chi connectivity index (χ1) is 15.1. The molecule has 0 unspecified atom stereocenters. The maximum absolute atomic E-state index is 5.30.